The summed E-state index contributed by atoms with van der Waals surface area (Å²) in [5.74, 6) is 0.236. The van der Waals surface area contributed by atoms with Crippen LogP contribution in [0.2, 0.25) is 0 Å². The maximum atomic E-state index is 12.4. The molecule has 0 spiro atoms. The summed E-state index contributed by atoms with van der Waals surface area (Å²) >= 11 is 3.46. The van der Waals surface area contributed by atoms with Crippen LogP contribution in [-0.2, 0) is 17.8 Å². The molecule has 4 heteroatoms. The number of amides is 1. The summed E-state index contributed by atoms with van der Waals surface area (Å²) in [6.07, 6.45) is 0.507. The molecule has 1 aliphatic heterocycles. The highest BCUT2D eigenvalue weighted by atomic mass is 79.9. The molecule has 0 N–H and O–H groups in total. The Morgan fingerprint density at radius 1 is 0.870 bits per heavy atom. The van der Waals surface area contributed by atoms with Crippen LogP contribution >= 0.6 is 15.9 Å². The molecule has 0 saturated carbocycles. The second-order valence-electron chi connectivity index (χ2n) is 5.95. The van der Waals surface area contributed by atoms with Gasteiger partial charge in [-0.1, -0.05) is 58.4 Å². The number of carbonyl (C=O) groups is 1. The maximum absolute atomic E-state index is 12.4. The number of hydrogen-bond donors (Lipinski definition) is 0. The molecule has 3 nitrogen and oxygen atoms in total. The highest BCUT2D eigenvalue weighted by molar-refractivity contribution is 9.10. The molecule has 1 heterocycles. The summed E-state index contributed by atoms with van der Waals surface area (Å²) < 4.78 is 1.11. The lowest BCUT2D eigenvalue weighted by atomic mass is 10.1. The quantitative estimate of drug-likeness (QED) is 0.821. The van der Waals surface area contributed by atoms with Crippen LogP contribution in [0.15, 0.2) is 59.1 Å². The average Bonchev–Trinajstić information content (AvgIpc) is 2.58. The molecule has 2 aromatic rings. The van der Waals surface area contributed by atoms with E-state index in [2.05, 4.69) is 45.1 Å². The molecule has 2 aromatic carbocycles. The van der Waals surface area contributed by atoms with Gasteiger partial charge in [0, 0.05) is 37.2 Å². The summed E-state index contributed by atoms with van der Waals surface area (Å²) in [5, 5.41) is 0. The van der Waals surface area contributed by atoms with Crippen molar-refractivity contribution >= 4 is 21.8 Å². The van der Waals surface area contributed by atoms with E-state index in [1.807, 2.05) is 35.2 Å². The summed E-state index contributed by atoms with van der Waals surface area (Å²) in [5.41, 5.74) is 2.41. The summed E-state index contributed by atoms with van der Waals surface area (Å²) in [6, 6.07) is 18.4. The smallest absolute Gasteiger partial charge is 0.227 e. The van der Waals surface area contributed by atoms with Crippen molar-refractivity contribution in [2.75, 3.05) is 26.2 Å². The Morgan fingerprint density at radius 3 is 2.17 bits per heavy atom. The minimum absolute atomic E-state index is 0.236. The highest BCUT2D eigenvalue weighted by Gasteiger charge is 2.21. The van der Waals surface area contributed by atoms with Crippen LogP contribution in [-0.4, -0.2) is 41.9 Å². The SMILES string of the molecule is O=C(Cc1ccccc1)N1CCN(Cc2ccc(Br)cc2)CC1. The van der Waals surface area contributed by atoms with Crippen LogP contribution in [0.25, 0.3) is 0 Å². The van der Waals surface area contributed by atoms with Gasteiger partial charge in [0.25, 0.3) is 0 Å². The van der Waals surface area contributed by atoms with E-state index in [0.29, 0.717) is 6.42 Å². The van der Waals surface area contributed by atoms with Crippen molar-refractivity contribution in [3.05, 3.63) is 70.2 Å². The fourth-order valence-corrected chi connectivity index (χ4v) is 3.15. The molecule has 0 radical (unpaired) electrons. The van der Waals surface area contributed by atoms with Gasteiger partial charge in [-0.3, -0.25) is 9.69 Å². The standard InChI is InChI=1S/C19H21BrN2O/c20-18-8-6-17(7-9-18)15-21-10-12-22(13-11-21)19(23)14-16-4-2-1-3-5-16/h1-9H,10-15H2. The molecule has 0 atom stereocenters. The van der Waals surface area contributed by atoms with E-state index in [1.165, 1.54) is 5.56 Å². The van der Waals surface area contributed by atoms with E-state index >= 15 is 0 Å². The van der Waals surface area contributed by atoms with Crippen LogP contribution in [0.3, 0.4) is 0 Å². The minimum Gasteiger partial charge on any atom is -0.340 e. The Hall–Kier alpha value is -1.65. The van der Waals surface area contributed by atoms with Gasteiger partial charge in [-0.25, -0.2) is 0 Å². The fraction of sp³-hybridized carbons (Fsp3) is 0.316. The Kier molecular flexibility index (Phi) is 5.47. The lowest BCUT2D eigenvalue weighted by Crippen LogP contribution is -2.48. The fourth-order valence-electron chi connectivity index (χ4n) is 2.89. The number of halogens is 1. The number of carbonyl (C=O) groups excluding carboxylic acids is 1. The van der Waals surface area contributed by atoms with Gasteiger partial charge in [-0.15, -0.1) is 0 Å². The van der Waals surface area contributed by atoms with E-state index < -0.39 is 0 Å². The molecule has 0 unspecified atom stereocenters. The van der Waals surface area contributed by atoms with E-state index in [9.17, 15) is 4.79 Å². The average molecular weight is 373 g/mol. The van der Waals surface area contributed by atoms with Gasteiger partial charge in [0.1, 0.15) is 0 Å². The number of hydrogen-bond acceptors (Lipinski definition) is 2. The number of piperazine rings is 1. The van der Waals surface area contributed by atoms with E-state index in [4.69, 9.17) is 0 Å². The van der Waals surface area contributed by atoms with Crippen molar-refractivity contribution in [3.8, 4) is 0 Å². The first kappa shape index (κ1) is 16.2. The van der Waals surface area contributed by atoms with Gasteiger partial charge in [0.05, 0.1) is 6.42 Å². The minimum atomic E-state index is 0.236. The predicted molar refractivity (Wildman–Crippen MR) is 96.1 cm³/mol. The molecular weight excluding hydrogens is 352 g/mol. The zero-order valence-corrected chi connectivity index (χ0v) is 14.7. The summed E-state index contributed by atoms with van der Waals surface area (Å²) in [7, 11) is 0. The second kappa shape index (κ2) is 7.75. The normalized spacial score (nSPS) is 15.6. The first-order valence-corrected chi connectivity index (χ1v) is 8.78. The van der Waals surface area contributed by atoms with E-state index in [0.717, 1.165) is 42.8 Å². The van der Waals surface area contributed by atoms with Crippen molar-refractivity contribution in [3.63, 3.8) is 0 Å². The Labute approximate surface area is 146 Å². The largest absolute Gasteiger partial charge is 0.340 e. The molecule has 1 aliphatic rings. The first-order valence-electron chi connectivity index (χ1n) is 7.99. The van der Waals surface area contributed by atoms with Crippen LogP contribution in [0.5, 0.6) is 0 Å². The van der Waals surface area contributed by atoms with Gasteiger partial charge in [-0.05, 0) is 23.3 Å². The molecule has 120 valence electrons. The third kappa shape index (κ3) is 4.66. The van der Waals surface area contributed by atoms with E-state index in [-0.39, 0.29) is 5.91 Å². The number of rotatable bonds is 4. The Bertz CT molecular complexity index is 634. The molecule has 0 bridgehead atoms. The third-order valence-corrected chi connectivity index (χ3v) is 4.77. The number of benzene rings is 2. The molecule has 0 aromatic heterocycles. The van der Waals surface area contributed by atoms with Crippen molar-refractivity contribution in [1.29, 1.82) is 0 Å². The zero-order chi connectivity index (χ0) is 16.1. The zero-order valence-electron chi connectivity index (χ0n) is 13.1. The molecule has 0 aliphatic carbocycles. The van der Waals surface area contributed by atoms with Crippen molar-refractivity contribution in [1.82, 2.24) is 9.80 Å². The first-order chi connectivity index (χ1) is 11.2. The number of nitrogens with zero attached hydrogens (tertiary/aromatic N) is 2. The Balaban J connectivity index is 1.48. The topological polar surface area (TPSA) is 23.6 Å². The molecule has 1 saturated heterocycles. The molecular formula is C19H21BrN2O. The van der Waals surface area contributed by atoms with Crippen LogP contribution in [0.4, 0.5) is 0 Å². The van der Waals surface area contributed by atoms with Crippen LogP contribution in [0, 0.1) is 0 Å². The lowest BCUT2D eigenvalue weighted by Gasteiger charge is -2.34. The van der Waals surface area contributed by atoms with Crippen LogP contribution in [0.1, 0.15) is 11.1 Å². The molecule has 3 rings (SSSR count). The maximum Gasteiger partial charge on any atom is 0.227 e. The van der Waals surface area contributed by atoms with Crippen LogP contribution < -0.4 is 0 Å². The monoisotopic (exact) mass is 372 g/mol. The van der Waals surface area contributed by atoms with Crippen molar-refractivity contribution in [2.24, 2.45) is 0 Å². The second-order valence-corrected chi connectivity index (χ2v) is 6.86. The highest BCUT2D eigenvalue weighted by Crippen LogP contribution is 2.14. The van der Waals surface area contributed by atoms with Gasteiger partial charge in [-0.2, -0.15) is 0 Å². The summed E-state index contributed by atoms with van der Waals surface area (Å²) in [6.45, 7) is 4.48. The van der Waals surface area contributed by atoms with E-state index in [1.54, 1.807) is 0 Å². The van der Waals surface area contributed by atoms with Crippen molar-refractivity contribution in [2.45, 2.75) is 13.0 Å². The van der Waals surface area contributed by atoms with Gasteiger partial charge in [0.2, 0.25) is 5.91 Å². The third-order valence-electron chi connectivity index (χ3n) is 4.24. The lowest BCUT2D eigenvalue weighted by molar-refractivity contribution is -0.132. The van der Waals surface area contributed by atoms with Gasteiger partial charge in [0.15, 0.2) is 0 Å². The van der Waals surface area contributed by atoms with Crippen molar-refractivity contribution < 1.29 is 4.79 Å². The molecule has 1 fully saturated rings. The Morgan fingerprint density at radius 2 is 1.52 bits per heavy atom. The van der Waals surface area contributed by atoms with Gasteiger partial charge < -0.3 is 4.90 Å². The van der Waals surface area contributed by atoms with Gasteiger partial charge >= 0.3 is 0 Å². The summed E-state index contributed by atoms with van der Waals surface area (Å²) in [4.78, 5) is 16.8. The molecule has 23 heavy (non-hydrogen) atoms. The molecule has 1 amide bonds. The predicted octanol–water partition coefficient (Wildman–Crippen LogP) is 3.34.